The highest BCUT2D eigenvalue weighted by Crippen LogP contribution is 2.41. The van der Waals surface area contributed by atoms with Gasteiger partial charge >= 0.3 is 0 Å². The molecule has 7 heteroatoms. The number of aryl methyl sites for hydroxylation is 1. The van der Waals surface area contributed by atoms with Crippen molar-refractivity contribution in [1.82, 2.24) is 5.16 Å². The van der Waals surface area contributed by atoms with E-state index in [4.69, 9.17) is 9.26 Å². The number of benzene rings is 2. The summed E-state index contributed by atoms with van der Waals surface area (Å²) in [6.07, 6.45) is 5.02. The Kier molecular flexibility index (Phi) is 6.16. The van der Waals surface area contributed by atoms with Gasteiger partial charge in [-0.05, 0) is 74.2 Å². The monoisotopic (exact) mass is 472 g/mol. The van der Waals surface area contributed by atoms with Gasteiger partial charge in [-0.2, -0.15) is 0 Å². The molecule has 35 heavy (non-hydrogen) atoms. The van der Waals surface area contributed by atoms with Crippen molar-refractivity contribution in [2.75, 3.05) is 12.0 Å². The number of ketones is 1. The lowest BCUT2D eigenvalue weighted by molar-refractivity contribution is -0.132. The maximum Gasteiger partial charge on any atom is 0.299 e. The summed E-state index contributed by atoms with van der Waals surface area (Å²) in [6.45, 7) is 1.85. The van der Waals surface area contributed by atoms with E-state index in [1.165, 1.54) is 0 Å². The first-order chi connectivity index (χ1) is 17.0. The van der Waals surface area contributed by atoms with Gasteiger partial charge in [-0.3, -0.25) is 14.5 Å². The van der Waals surface area contributed by atoms with Crippen molar-refractivity contribution >= 4 is 23.1 Å². The molecule has 1 unspecified atom stereocenters. The third-order valence-electron chi connectivity index (χ3n) is 7.00. The summed E-state index contributed by atoms with van der Waals surface area (Å²) in [5.41, 5.74) is 2.91. The van der Waals surface area contributed by atoms with E-state index in [9.17, 15) is 14.7 Å². The number of aliphatic hydroxyl groups is 1. The molecule has 2 aromatic carbocycles. The van der Waals surface area contributed by atoms with Crippen molar-refractivity contribution < 1.29 is 24.0 Å². The van der Waals surface area contributed by atoms with E-state index in [0.29, 0.717) is 22.8 Å². The van der Waals surface area contributed by atoms with Crippen LogP contribution in [0.5, 0.6) is 5.75 Å². The first kappa shape index (κ1) is 22.9. The molecule has 1 saturated heterocycles. The minimum atomic E-state index is -0.649. The van der Waals surface area contributed by atoms with Crippen LogP contribution < -0.4 is 9.64 Å². The quantitative estimate of drug-likeness (QED) is 0.300. The lowest BCUT2D eigenvalue weighted by Gasteiger charge is -2.34. The van der Waals surface area contributed by atoms with Gasteiger partial charge in [0.25, 0.3) is 11.7 Å². The van der Waals surface area contributed by atoms with Crippen LogP contribution in [0.2, 0.25) is 0 Å². The molecule has 180 valence electrons. The standard InChI is InChI=1S/C28H28N2O5/c1-17-16-23(35-29-17)18-8-12-21(13-9-18)30-25(19-6-4-3-5-7-19)24(27(32)28(30)33)26(31)20-10-14-22(34-2)15-11-20/h8-16,19,25,31H,3-7H2,1-2H3/b26-24-. The average molecular weight is 473 g/mol. The van der Waals surface area contributed by atoms with Crippen molar-refractivity contribution in [2.24, 2.45) is 5.92 Å². The molecule has 7 nitrogen and oxygen atoms in total. The number of anilines is 1. The fraction of sp³-hybridized carbons (Fsp3) is 0.321. The Labute approximate surface area is 204 Å². The highest BCUT2D eigenvalue weighted by Gasteiger charge is 2.49. The largest absolute Gasteiger partial charge is 0.507 e. The van der Waals surface area contributed by atoms with E-state index in [-0.39, 0.29) is 17.3 Å². The molecule has 1 amide bonds. The van der Waals surface area contributed by atoms with E-state index in [0.717, 1.165) is 43.4 Å². The Balaban J connectivity index is 1.57. The van der Waals surface area contributed by atoms with Crippen LogP contribution in [0.3, 0.4) is 0 Å². The molecule has 2 fully saturated rings. The second-order valence-electron chi connectivity index (χ2n) is 9.22. The molecule has 0 radical (unpaired) electrons. The molecule has 5 rings (SSSR count). The predicted octanol–water partition coefficient (Wildman–Crippen LogP) is 5.49. The topological polar surface area (TPSA) is 92.9 Å². The van der Waals surface area contributed by atoms with Gasteiger partial charge in [0, 0.05) is 22.9 Å². The Bertz CT molecular complexity index is 1270. The number of ether oxygens (including phenoxy) is 1. The number of amides is 1. The van der Waals surface area contributed by atoms with Crippen LogP contribution in [0.15, 0.2) is 64.7 Å². The summed E-state index contributed by atoms with van der Waals surface area (Å²) in [5.74, 6) is -0.0287. The minimum absolute atomic E-state index is 0.0890. The van der Waals surface area contributed by atoms with Gasteiger partial charge in [0.15, 0.2) is 5.76 Å². The number of hydrogen-bond acceptors (Lipinski definition) is 6. The summed E-state index contributed by atoms with van der Waals surface area (Å²) >= 11 is 0. The van der Waals surface area contributed by atoms with Gasteiger partial charge in [0.1, 0.15) is 11.5 Å². The van der Waals surface area contributed by atoms with E-state index in [1.54, 1.807) is 36.3 Å². The zero-order valence-electron chi connectivity index (χ0n) is 19.9. The highest BCUT2D eigenvalue weighted by atomic mass is 16.5. The van der Waals surface area contributed by atoms with Crippen molar-refractivity contribution in [3.63, 3.8) is 0 Å². The van der Waals surface area contributed by atoms with Gasteiger partial charge in [-0.25, -0.2) is 0 Å². The summed E-state index contributed by atoms with van der Waals surface area (Å²) < 4.78 is 10.6. The number of methoxy groups -OCH3 is 1. The second kappa shape index (κ2) is 9.41. The minimum Gasteiger partial charge on any atom is -0.507 e. The Hall–Kier alpha value is -3.87. The molecule has 1 N–H and O–H groups in total. The van der Waals surface area contributed by atoms with Gasteiger partial charge in [-0.1, -0.05) is 24.4 Å². The molecule has 1 aromatic heterocycles. The summed E-state index contributed by atoms with van der Waals surface area (Å²) in [6, 6.07) is 15.5. The van der Waals surface area contributed by atoms with Crippen molar-refractivity contribution in [2.45, 2.75) is 45.1 Å². The number of carbonyl (C=O) groups excluding carboxylic acids is 2. The van der Waals surface area contributed by atoms with Crippen LogP contribution in [0.25, 0.3) is 17.1 Å². The molecule has 1 atom stereocenters. The third-order valence-corrected chi connectivity index (χ3v) is 7.00. The molecule has 1 aliphatic carbocycles. The number of aromatic nitrogens is 1. The number of rotatable bonds is 5. The van der Waals surface area contributed by atoms with Gasteiger partial charge in [0.05, 0.1) is 24.4 Å². The van der Waals surface area contributed by atoms with E-state index in [1.807, 2.05) is 37.3 Å². The van der Waals surface area contributed by atoms with E-state index < -0.39 is 17.7 Å². The van der Waals surface area contributed by atoms with E-state index in [2.05, 4.69) is 5.16 Å². The summed E-state index contributed by atoms with van der Waals surface area (Å²) in [4.78, 5) is 28.2. The summed E-state index contributed by atoms with van der Waals surface area (Å²) in [5, 5.41) is 15.2. The number of nitrogens with zero attached hydrogens (tertiary/aromatic N) is 2. The SMILES string of the molecule is COc1ccc(/C(O)=C2/C(=O)C(=O)N(c3ccc(-c4cc(C)no4)cc3)C2C2CCCCC2)cc1. The fourth-order valence-corrected chi connectivity index (χ4v) is 5.23. The van der Waals surface area contributed by atoms with Gasteiger partial charge in [-0.15, -0.1) is 0 Å². The van der Waals surface area contributed by atoms with Gasteiger partial charge in [0.2, 0.25) is 0 Å². The normalized spacial score (nSPS) is 20.4. The molecule has 0 bridgehead atoms. The van der Waals surface area contributed by atoms with Crippen molar-refractivity contribution in [3.05, 3.63) is 71.4 Å². The third kappa shape index (κ3) is 4.22. The van der Waals surface area contributed by atoms with Crippen molar-refractivity contribution in [3.8, 4) is 17.1 Å². The zero-order valence-corrected chi connectivity index (χ0v) is 19.9. The maximum atomic E-state index is 13.3. The lowest BCUT2D eigenvalue weighted by atomic mass is 9.80. The smallest absolute Gasteiger partial charge is 0.299 e. The second-order valence-corrected chi connectivity index (χ2v) is 9.22. The molecular weight excluding hydrogens is 444 g/mol. The number of Topliss-reactive ketones (excluding diaryl/α,β-unsaturated/α-hetero) is 1. The number of aliphatic hydroxyl groups excluding tert-OH is 1. The van der Waals surface area contributed by atoms with Crippen LogP contribution in [0, 0.1) is 12.8 Å². The van der Waals surface area contributed by atoms with Crippen molar-refractivity contribution in [1.29, 1.82) is 0 Å². The molecule has 0 spiro atoms. The molecule has 1 aliphatic heterocycles. The summed E-state index contributed by atoms with van der Waals surface area (Å²) in [7, 11) is 1.57. The number of carbonyl (C=O) groups is 2. The van der Waals surface area contributed by atoms with Crippen LogP contribution in [-0.4, -0.2) is 35.1 Å². The molecule has 3 aromatic rings. The number of hydrogen-bond donors (Lipinski definition) is 1. The Morgan fingerprint density at radius 3 is 2.31 bits per heavy atom. The average Bonchev–Trinajstić information content (AvgIpc) is 3.45. The molecule has 1 saturated carbocycles. The molecule has 2 heterocycles. The zero-order chi connectivity index (χ0) is 24.5. The van der Waals surface area contributed by atoms with Crippen LogP contribution >= 0.6 is 0 Å². The predicted molar refractivity (Wildman–Crippen MR) is 132 cm³/mol. The molecular formula is C28H28N2O5. The van der Waals surface area contributed by atoms with Crippen LogP contribution in [0.4, 0.5) is 5.69 Å². The fourth-order valence-electron chi connectivity index (χ4n) is 5.23. The first-order valence-corrected chi connectivity index (χ1v) is 12.0. The first-order valence-electron chi connectivity index (χ1n) is 12.0. The Morgan fingerprint density at radius 1 is 1.03 bits per heavy atom. The highest BCUT2D eigenvalue weighted by molar-refractivity contribution is 6.51. The maximum absolute atomic E-state index is 13.3. The molecule has 2 aliphatic rings. The lowest BCUT2D eigenvalue weighted by Crippen LogP contribution is -2.40. The van der Waals surface area contributed by atoms with Crippen LogP contribution in [0.1, 0.15) is 43.4 Å². The van der Waals surface area contributed by atoms with E-state index >= 15 is 0 Å². The van der Waals surface area contributed by atoms with Gasteiger partial charge < -0.3 is 14.4 Å². The Morgan fingerprint density at radius 2 is 1.71 bits per heavy atom. The van der Waals surface area contributed by atoms with Crippen LogP contribution in [-0.2, 0) is 9.59 Å².